The van der Waals surface area contributed by atoms with Crippen LogP contribution in [0.1, 0.15) is 18.4 Å². The third-order valence-corrected chi connectivity index (χ3v) is 3.00. The molecule has 1 aromatic carbocycles. The molecular formula is C14H22ClN3O. The van der Waals surface area contributed by atoms with Crippen molar-refractivity contribution in [2.75, 3.05) is 19.6 Å². The zero-order valence-corrected chi connectivity index (χ0v) is 11.9. The van der Waals surface area contributed by atoms with E-state index < -0.39 is 0 Å². The maximum Gasteiger partial charge on any atom is 0.234 e. The van der Waals surface area contributed by atoms with Gasteiger partial charge in [-0.1, -0.05) is 30.3 Å². The summed E-state index contributed by atoms with van der Waals surface area (Å²) in [4.78, 5) is 13.9. The molecule has 19 heavy (non-hydrogen) atoms. The van der Waals surface area contributed by atoms with Crippen LogP contribution in [-0.2, 0) is 11.3 Å². The molecule has 0 aromatic heterocycles. The number of carbonyl (C=O) groups excluding carboxylic acids is 1. The summed E-state index contributed by atoms with van der Waals surface area (Å²) in [5.41, 5.74) is 6.81. The Labute approximate surface area is 120 Å². The van der Waals surface area contributed by atoms with Crippen molar-refractivity contribution < 1.29 is 4.79 Å². The van der Waals surface area contributed by atoms with E-state index in [9.17, 15) is 4.79 Å². The molecule has 2 rings (SSSR count). The topological polar surface area (TPSA) is 58.4 Å². The number of carbonyl (C=O) groups is 1. The lowest BCUT2D eigenvalue weighted by atomic mass is 10.2. The molecule has 0 unspecified atom stereocenters. The van der Waals surface area contributed by atoms with E-state index in [-0.39, 0.29) is 18.3 Å². The van der Waals surface area contributed by atoms with Crippen molar-refractivity contribution in [1.29, 1.82) is 0 Å². The second-order valence-corrected chi connectivity index (χ2v) is 4.83. The van der Waals surface area contributed by atoms with E-state index in [0.717, 1.165) is 25.9 Å². The summed E-state index contributed by atoms with van der Waals surface area (Å²) in [6.07, 6.45) is 2.25. The smallest absolute Gasteiger partial charge is 0.234 e. The van der Waals surface area contributed by atoms with Gasteiger partial charge >= 0.3 is 0 Å². The molecule has 0 saturated heterocycles. The van der Waals surface area contributed by atoms with Crippen LogP contribution in [0.25, 0.3) is 0 Å². The zero-order chi connectivity index (χ0) is 12.8. The van der Waals surface area contributed by atoms with E-state index in [1.807, 2.05) is 18.2 Å². The maximum absolute atomic E-state index is 11.8. The van der Waals surface area contributed by atoms with Gasteiger partial charge in [-0.25, -0.2) is 0 Å². The second kappa shape index (κ2) is 8.15. The van der Waals surface area contributed by atoms with Crippen LogP contribution >= 0.6 is 12.4 Å². The highest BCUT2D eigenvalue weighted by molar-refractivity contribution is 5.85. The van der Waals surface area contributed by atoms with Crippen molar-refractivity contribution in [1.82, 2.24) is 10.2 Å². The lowest BCUT2D eigenvalue weighted by Crippen LogP contribution is -2.39. The fraction of sp³-hybridized carbons (Fsp3) is 0.500. The number of hydrogen-bond donors (Lipinski definition) is 2. The van der Waals surface area contributed by atoms with E-state index in [1.165, 1.54) is 5.56 Å². The molecule has 106 valence electrons. The van der Waals surface area contributed by atoms with Crippen molar-refractivity contribution in [2.45, 2.75) is 25.4 Å². The van der Waals surface area contributed by atoms with Crippen molar-refractivity contribution in [3.05, 3.63) is 35.9 Å². The van der Waals surface area contributed by atoms with Gasteiger partial charge in [0.15, 0.2) is 0 Å². The predicted octanol–water partition coefficient (Wildman–Crippen LogP) is 1.15. The normalized spacial score (nSPS) is 14.0. The van der Waals surface area contributed by atoms with Gasteiger partial charge in [0.25, 0.3) is 0 Å². The average molecular weight is 284 g/mol. The monoisotopic (exact) mass is 283 g/mol. The SMILES string of the molecule is Cl.NCCN(CC(=O)NC1CC1)Cc1ccccc1. The average Bonchev–Trinajstić information content (AvgIpc) is 3.14. The van der Waals surface area contributed by atoms with Crippen molar-refractivity contribution in [2.24, 2.45) is 5.73 Å². The van der Waals surface area contributed by atoms with Crippen molar-refractivity contribution in [3.63, 3.8) is 0 Å². The van der Waals surface area contributed by atoms with E-state index in [2.05, 4.69) is 22.3 Å². The van der Waals surface area contributed by atoms with Crippen LogP contribution in [0.2, 0.25) is 0 Å². The Bertz CT molecular complexity index is 382. The van der Waals surface area contributed by atoms with Crippen LogP contribution in [0.5, 0.6) is 0 Å². The Morgan fingerprint density at radius 1 is 1.32 bits per heavy atom. The summed E-state index contributed by atoms with van der Waals surface area (Å²) in [5.74, 6) is 0.113. The van der Waals surface area contributed by atoms with Crippen molar-refractivity contribution in [3.8, 4) is 0 Å². The van der Waals surface area contributed by atoms with Crippen molar-refractivity contribution >= 4 is 18.3 Å². The minimum absolute atomic E-state index is 0. The third kappa shape index (κ3) is 6.05. The molecule has 0 bridgehead atoms. The van der Waals surface area contributed by atoms with E-state index in [1.54, 1.807) is 0 Å². The Balaban J connectivity index is 0.00000180. The molecule has 1 aliphatic carbocycles. The molecule has 1 saturated carbocycles. The summed E-state index contributed by atoms with van der Waals surface area (Å²) in [6, 6.07) is 10.6. The lowest BCUT2D eigenvalue weighted by molar-refractivity contribution is -0.122. The molecule has 3 N–H and O–H groups in total. The number of benzene rings is 1. The molecule has 0 radical (unpaired) electrons. The molecule has 0 aliphatic heterocycles. The number of hydrogen-bond acceptors (Lipinski definition) is 3. The Morgan fingerprint density at radius 3 is 2.58 bits per heavy atom. The van der Waals surface area contributed by atoms with Gasteiger partial charge in [-0.2, -0.15) is 0 Å². The van der Waals surface area contributed by atoms with Crippen LogP contribution in [0.15, 0.2) is 30.3 Å². The molecule has 0 heterocycles. The van der Waals surface area contributed by atoms with Crippen LogP contribution in [0.4, 0.5) is 0 Å². The van der Waals surface area contributed by atoms with Crippen LogP contribution in [-0.4, -0.2) is 36.5 Å². The summed E-state index contributed by atoms with van der Waals surface area (Å²) < 4.78 is 0. The van der Waals surface area contributed by atoms with Gasteiger partial charge in [0, 0.05) is 25.7 Å². The quantitative estimate of drug-likeness (QED) is 0.789. The van der Waals surface area contributed by atoms with Gasteiger partial charge in [-0.05, 0) is 18.4 Å². The number of amides is 1. The zero-order valence-electron chi connectivity index (χ0n) is 11.0. The highest BCUT2D eigenvalue weighted by atomic mass is 35.5. The van der Waals surface area contributed by atoms with E-state index in [0.29, 0.717) is 19.1 Å². The molecule has 1 aliphatic rings. The number of nitrogens with two attached hydrogens (primary N) is 1. The first-order valence-corrected chi connectivity index (χ1v) is 6.53. The minimum atomic E-state index is 0. The third-order valence-electron chi connectivity index (χ3n) is 3.00. The van der Waals surface area contributed by atoms with Gasteiger partial charge in [0.05, 0.1) is 6.54 Å². The van der Waals surface area contributed by atoms with Crippen LogP contribution in [0, 0.1) is 0 Å². The maximum atomic E-state index is 11.8. The fourth-order valence-electron chi connectivity index (χ4n) is 1.94. The standard InChI is InChI=1S/C14H21N3O.ClH/c15-8-9-17(10-12-4-2-1-3-5-12)11-14(18)16-13-6-7-13;/h1-5,13H,6-11,15H2,(H,16,18);1H. The molecular weight excluding hydrogens is 262 g/mol. The van der Waals surface area contributed by atoms with Gasteiger partial charge < -0.3 is 11.1 Å². The Kier molecular flexibility index (Phi) is 6.84. The first-order chi connectivity index (χ1) is 8.78. The van der Waals surface area contributed by atoms with Crippen LogP contribution < -0.4 is 11.1 Å². The number of nitrogens with one attached hydrogen (secondary N) is 1. The van der Waals surface area contributed by atoms with Gasteiger partial charge in [-0.15, -0.1) is 12.4 Å². The molecule has 5 heteroatoms. The minimum Gasteiger partial charge on any atom is -0.352 e. The second-order valence-electron chi connectivity index (χ2n) is 4.83. The Hall–Kier alpha value is -1.10. The largest absolute Gasteiger partial charge is 0.352 e. The molecule has 1 aromatic rings. The fourth-order valence-corrected chi connectivity index (χ4v) is 1.94. The van der Waals surface area contributed by atoms with Crippen LogP contribution in [0.3, 0.4) is 0 Å². The highest BCUT2D eigenvalue weighted by Gasteiger charge is 2.23. The first kappa shape index (κ1) is 16.0. The summed E-state index contributed by atoms with van der Waals surface area (Å²) >= 11 is 0. The summed E-state index contributed by atoms with van der Waals surface area (Å²) in [5, 5.41) is 3.01. The number of rotatable bonds is 7. The number of nitrogens with zero attached hydrogens (tertiary/aromatic N) is 1. The van der Waals surface area contributed by atoms with Gasteiger partial charge in [0.1, 0.15) is 0 Å². The predicted molar refractivity (Wildman–Crippen MR) is 79.2 cm³/mol. The van der Waals surface area contributed by atoms with E-state index >= 15 is 0 Å². The van der Waals surface area contributed by atoms with Gasteiger partial charge in [0.2, 0.25) is 5.91 Å². The molecule has 0 spiro atoms. The summed E-state index contributed by atoms with van der Waals surface area (Å²) in [6.45, 7) is 2.52. The van der Waals surface area contributed by atoms with Gasteiger partial charge in [-0.3, -0.25) is 9.69 Å². The Morgan fingerprint density at radius 2 is 2.00 bits per heavy atom. The highest BCUT2D eigenvalue weighted by Crippen LogP contribution is 2.18. The summed E-state index contributed by atoms with van der Waals surface area (Å²) in [7, 11) is 0. The lowest BCUT2D eigenvalue weighted by Gasteiger charge is -2.21. The van der Waals surface area contributed by atoms with E-state index in [4.69, 9.17) is 5.73 Å². The molecule has 0 atom stereocenters. The molecule has 4 nitrogen and oxygen atoms in total. The molecule has 1 fully saturated rings. The molecule has 1 amide bonds. The number of halogens is 1. The first-order valence-electron chi connectivity index (χ1n) is 6.53.